The molecule has 0 fully saturated rings. The number of aromatic carboxylic acids is 2. The van der Waals surface area contributed by atoms with Crippen LogP contribution in [-0.4, -0.2) is 17.8 Å². The fourth-order valence-electron chi connectivity index (χ4n) is 2.11. The van der Waals surface area contributed by atoms with Crippen LogP contribution < -0.4 is 20.3 Å². The number of hydrogen-bond acceptors (Lipinski definition) is 6. The van der Waals surface area contributed by atoms with Crippen molar-refractivity contribution in [2.24, 2.45) is 0 Å². The molecule has 1 amide bonds. The van der Waals surface area contributed by atoms with Crippen molar-refractivity contribution in [3.8, 4) is 11.5 Å². The molecule has 0 saturated heterocycles. The van der Waals surface area contributed by atoms with E-state index in [1.165, 1.54) is 12.1 Å². The minimum Gasteiger partial charge on any atom is -0.545 e. The van der Waals surface area contributed by atoms with Gasteiger partial charge in [0.2, 0.25) is 5.91 Å². The number of carboxylic acid groups (broad SMARTS) is 2. The largest absolute Gasteiger partial charge is 0.545 e. The lowest BCUT2D eigenvalue weighted by Gasteiger charge is -2.14. The third-order valence-electron chi connectivity index (χ3n) is 3.34. The number of rotatable bonds is 7. The van der Waals surface area contributed by atoms with E-state index < -0.39 is 23.1 Å². The molecule has 0 heterocycles. The number of ether oxygens (including phenoxy) is 1. The van der Waals surface area contributed by atoms with E-state index in [9.17, 15) is 24.6 Å². The minimum absolute atomic E-state index is 0.116. The van der Waals surface area contributed by atoms with E-state index >= 15 is 0 Å². The van der Waals surface area contributed by atoms with Crippen LogP contribution in [0.5, 0.6) is 11.5 Å². The monoisotopic (exact) mass is 365 g/mol. The molecular weight excluding hydrogens is 350 g/mol. The van der Waals surface area contributed by atoms with Gasteiger partial charge in [-0.2, -0.15) is 0 Å². The van der Waals surface area contributed by atoms with E-state index in [0.29, 0.717) is 11.4 Å². The maximum absolute atomic E-state index is 11.7. The van der Waals surface area contributed by atoms with Crippen molar-refractivity contribution in [2.75, 3.05) is 5.32 Å². The highest BCUT2D eigenvalue weighted by Crippen LogP contribution is 2.25. The van der Waals surface area contributed by atoms with Gasteiger partial charge in [-0.1, -0.05) is 18.2 Å². The quantitative estimate of drug-likeness (QED) is 0.583. The van der Waals surface area contributed by atoms with Gasteiger partial charge in [0.1, 0.15) is 11.5 Å². The summed E-state index contributed by atoms with van der Waals surface area (Å²) >= 11 is 0. The zero-order valence-corrected chi connectivity index (χ0v) is 14.3. The molecule has 0 bridgehead atoms. The second-order valence-corrected chi connectivity index (χ2v) is 5.28. The molecule has 0 saturated carbocycles. The molecule has 0 aromatic heterocycles. The van der Waals surface area contributed by atoms with Gasteiger partial charge in [0.15, 0.2) is 0 Å². The maximum Gasteiger partial charge on any atom is 0.248 e. The first-order chi connectivity index (χ1) is 12.9. The number of amides is 1. The zero-order chi connectivity index (χ0) is 19.8. The van der Waals surface area contributed by atoms with Crippen LogP contribution in [0.4, 0.5) is 5.69 Å². The molecule has 7 nitrogen and oxygen atoms in total. The van der Waals surface area contributed by atoms with E-state index in [1.807, 2.05) is 6.92 Å². The van der Waals surface area contributed by atoms with Gasteiger partial charge in [-0.05, 0) is 49.4 Å². The molecule has 0 aliphatic rings. The molecule has 0 unspecified atom stereocenters. The van der Waals surface area contributed by atoms with Crippen molar-refractivity contribution in [3.63, 3.8) is 0 Å². The van der Waals surface area contributed by atoms with E-state index in [1.54, 1.807) is 42.5 Å². The first-order valence-electron chi connectivity index (χ1n) is 7.85. The molecule has 1 N–H and O–H groups in total. The molecule has 2 rings (SSSR count). The van der Waals surface area contributed by atoms with Gasteiger partial charge in [0.25, 0.3) is 0 Å². The first-order valence-corrected chi connectivity index (χ1v) is 7.85. The van der Waals surface area contributed by atoms with Gasteiger partial charge in [-0.25, -0.2) is 0 Å². The Morgan fingerprint density at radius 1 is 0.889 bits per heavy atom. The number of hydrogen-bond donors (Lipinski definition) is 1. The number of allylic oxidation sites excluding steroid dienone is 3. The van der Waals surface area contributed by atoms with Crippen LogP contribution >= 0.6 is 0 Å². The Hall–Kier alpha value is -3.87. The topological polar surface area (TPSA) is 119 Å². The Bertz CT molecular complexity index is 913. The summed E-state index contributed by atoms with van der Waals surface area (Å²) in [7, 11) is 0. The molecule has 2 aromatic carbocycles. The molecule has 7 heteroatoms. The van der Waals surface area contributed by atoms with Crippen LogP contribution in [0.25, 0.3) is 0 Å². The highest BCUT2D eigenvalue weighted by Gasteiger charge is 2.08. The molecule has 27 heavy (non-hydrogen) atoms. The standard InChI is InChI=1S/C20H17NO6/c1-2-3-4-5-18(22)21-13-6-8-14(9-7-13)27-15-10-11-16(19(23)24)17(12-15)20(25)26/h2-12H,1H3,(H,21,22)(H,23,24)(H,25,26)/p-2. The normalized spacial score (nSPS) is 10.9. The van der Waals surface area contributed by atoms with Gasteiger partial charge >= 0.3 is 0 Å². The van der Waals surface area contributed by atoms with Crippen molar-refractivity contribution in [2.45, 2.75) is 6.92 Å². The van der Waals surface area contributed by atoms with Gasteiger partial charge in [0, 0.05) is 22.9 Å². The van der Waals surface area contributed by atoms with Crippen molar-refractivity contribution in [1.82, 2.24) is 0 Å². The smallest absolute Gasteiger partial charge is 0.248 e. The van der Waals surface area contributed by atoms with E-state index in [-0.39, 0.29) is 11.7 Å². The molecule has 138 valence electrons. The summed E-state index contributed by atoms with van der Waals surface area (Å²) < 4.78 is 5.50. The van der Waals surface area contributed by atoms with Crippen molar-refractivity contribution >= 4 is 23.5 Å². The molecule has 0 spiro atoms. The average molecular weight is 365 g/mol. The number of anilines is 1. The molecule has 0 aliphatic carbocycles. The highest BCUT2D eigenvalue weighted by atomic mass is 16.5. The summed E-state index contributed by atoms with van der Waals surface area (Å²) in [6.07, 6.45) is 6.51. The third kappa shape index (κ3) is 5.57. The van der Waals surface area contributed by atoms with Gasteiger partial charge in [0.05, 0.1) is 11.9 Å². The number of nitrogens with one attached hydrogen (secondary N) is 1. The number of benzene rings is 2. The van der Waals surface area contributed by atoms with Crippen molar-refractivity contribution in [1.29, 1.82) is 0 Å². The molecule has 0 radical (unpaired) electrons. The summed E-state index contributed by atoms with van der Waals surface area (Å²) in [4.78, 5) is 33.7. The molecule has 0 atom stereocenters. The fourth-order valence-corrected chi connectivity index (χ4v) is 2.11. The second-order valence-electron chi connectivity index (χ2n) is 5.28. The Labute approximate surface area is 155 Å². The van der Waals surface area contributed by atoms with Gasteiger partial charge in [-0.3, -0.25) is 4.79 Å². The average Bonchev–Trinajstić information content (AvgIpc) is 2.63. The summed E-state index contributed by atoms with van der Waals surface area (Å²) in [5.41, 5.74) is -0.490. The van der Waals surface area contributed by atoms with E-state index in [0.717, 1.165) is 12.1 Å². The maximum atomic E-state index is 11.7. The summed E-state index contributed by atoms with van der Waals surface area (Å²) in [5.74, 6) is -3.08. The number of carboxylic acids is 2. The predicted molar refractivity (Wildman–Crippen MR) is 94.2 cm³/mol. The van der Waals surface area contributed by atoms with Crippen molar-refractivity contribution in [3.05, 3.63) is 77.9 Å². The van der Waals surface area contributed by atoms with Crippen LogP contribution in [0.15, 0.2) is 66.8 Å². The lowest BCUT2D eigenvalue weighted by atomic mass is 10.1. The van der Waals surface area contributed by atoms with Crippen LogP contribution in [0.3, 0.4) is 0 Å². The van der Waals surface area contributed by atoms with E-state index in [2.05, 4.69) is 5.32 Å². The third-order valence-corrected chi connectivity index (χ3v) is 3.34. The van der Waals surface area contributed by atoms with Crippen LogP contribution in [0.2, 0.25) is 0 Å². The lowest BCUT2D eigenvalue weighted by Crippen LogP contribution is -2.30. The lowest BCUT2D eigenvalue weighted by molar-refractivity contribution is -0.259. The predicted octanol–water partition coefficient (Wildman–Crippen LogP) is 1.28. The Kier molecular flexibility index (Phi) is 6.49. The van der Waals surface area contributed by atoms with Gasteiger partial charge in [-0.15, -0.1) is 0 Å². The van der Waals surface area contributed by atoms with Gasteiger partial charge < -0.3 is 29.9 Å². The minimum atomic E-state index is -1.65. The van der Waals surface area contributed by atoms with Crippen molar-refractivity contribution < 1.29 is 29.3 Å². The zero-order valence-electron chi connectivity index (χ0n) is 14.3. The molecular formula is C20H15NO6-2. The summed E-state index contributed by atoms with van der Waals surface area (Å²) in [5, 5.41) is 24.6. The van der Waals surface area contributed by atoms with Crippen LogP contribution in [0, 0.1) is 0 Å². The molecule has 2 aromatic rings. The number of carbonyl (C=O) groups excluding carboxylic acids is 3. The Morgan fingerprint density at radius 2 is 1.52 bits per heavy atom. The Balaban J connectivity index is 2.10. The molecule has 0 aliphatic heterocycles. The SMILES string of the molecule is CC=CC=CC(=O)Nc1ccc(Oc2ccc(C(=O)[O-])c(C(=O)[O-])c2)cc1. The van der Waals surface area contributed by atoms with Crippen LogP contribution in [-0.2, 0) is 4.79 Å². The summed E-state index contributed by atoms with van der Waals surface area (Å²) in [6.45, 7) is 1.84. The van der Waals surface area contributed by atoms with Crippen LogP contribution in [0.1, 0.15) is 27.6 Å². The van der Waals surface area contributed by atoms with E-state index in [4.69, 9.17) is 4.74 Å². The Morgan fingerprint density at radius 3 is 2.11 bits per heavy atom. The second kappa shape index (κ2) is 9.00. The summed E-state index contributed by atoms with van der Waals surface area (Å²) in [6, 6.07) is 9.76. The fraction of sp³-hybridized carbons (Fsp3) is 0.0500. The number of carbonyl (C=O) groups is 3. The highest BCUT2D eigenvalue weighted by molar-refractivity contribution is 6.00. The first kappa shape index (κ1) is 19.5.